The quantitative estimate of drug-likeness (QED) is 0.389. The van der Waals surface area contributed by atoms with E-state index in [0.717, 1.165) is 27.8 Å². The van der Waals surface area contributed by atoms with Gasteiger partial charge in [-0.25, -0.2) is 0 Å². The first-order valence-electron chi connectivity index (χ1n) is 5.84. The standard InChI is InChI=1S/C15H12O3S.Li.H/c1-19(16,17)18-15-8-4-7-13-9-11-5-2-3-6-12(11)10-14(13)15;;/h2-10H,1H3;;/q;+1;-1. The summed E-state index contributed by atoms with van der Waals surface area (Å²) < 4.78 is 27.6. The molecule has 0 spiro atoms. The Hall–Kier alpha value is -1.47. The van der Waals surface area contributed by atoms with Crippen molar-refractivity contribution >= 4 is 31.7 Å². The molecule has 0 fully saturated rings. The van der Waals surface area contributed by atoms with Gasteiger partial charge < -0.3 is 5.61 Å². The second kappa shape index (κ2) is 5.49. The van der Waals surface area contributed by atoms with E-state index in [2.05, 4.69) is 0 Å². The average molecular weight is 280 g/mol. The van der Waals surface area contributed by atoms with Crippen LogP contribution >= 0.6 is 0 Å². The van der Waals surface area contributed by atoms with Crippen molar-refractivity contribution in [1.82, 2.24) is 0 Å². The first-order valence-corrected chi connectivity index (χ1v) is 7.65. The van der Waals surface area contributed by atoms with E-state index < -0.39 is 10.1 Å². The molecule has 3 rings (SSSR count). The Bertz CT molecular complexity index is 878. The molecule has 3 nitrogen and oxygen atoms in total. The van der Waals surface area contributed by atoms with Gasteiger partial charge >= 0.3 is 29.0 Å². The van der Waals surface area contributed by atoms with E-state index in [-0.39, 0.29) is 20.3 Å². The van der Waals surface area contributed by atoms with Gasteiger partial charge in [-0.05, 0) is 34.4 Å². The van der Waals surface area contributed by atoms with Crippen LogP contribution in [0.2, 0.25) is 0 Å². The summed E-state index contributed by atoms with van der Waals surface area (Å²) in [5.41, 5.74) is 0. The predicted molar refractivity (Wildman–Crippen MR) is 78.0 cm³/mol. The van der Waals surface area contributed by atoms with Crippen molar-refractivity contribution in [1.29, 1.82) is 0 Å². The summed E-state index contributed by atoms with van der Waals surface area (Å²) in [5, 5.41) is 3.93. The van der Waals surface area contributed by atoms with E-state index in [1.807, 2.05) is 42.5 Å². The van der Waals surface area contributed by atoms with E-state index in [1.54, 1.807) is 12.1 Å². The minimum absolute atomic E-state index is 0. The van der Waals surface area contributed by atoms with Crippen LogP contribution in [0.15, 0.2) is 54.6 Å². The van der Waals surface area contributed by atoms with Crippen LogP contribution in [0.5, 0.6) is 5.75 Å². The number of fused-ring (bicyclic) bond motifs is 2. The van der Waals surface area contributed by atoms with Crippen LogP contribution in [-0.4, -0.2) is 14.7 Å². The van der Waals surface area contributed by atoms with Crippen LogP contribution < -0.4 is 23.0 Å². The number of rotatable bonds is 2. The molecule has 3 aromatic rings. The van der Waals surface area contributed by atoms with Gasteiger partial charge in [0.25, 0.3) is 0 Å². The smallest absolute Gasteiger partial charge is 1.00 e. The first-order chi connectivity index (χ1) is 9.03. The van der Waals surface area contributed by atoms with Gasteiger partial charge in [-0.3, -0.25) is 0 Å². The van der Waals surface area contributed by atoms with Crippen molar-refractivity contribution in [3.05, 3.63) is 54.6 Å². The maximum atomic E-state index is 11.3. The van der Waals surface area contributed by atoms with Gasteiger partial charge in [0.2, 0.25) is 0 Å². The molecule has 5 heteroatoms. The van der Waals surface area contributed by atoms with Gasteiger partial charge in [-0.15, -0.1) is 0 Å². The Morgan fingerprint density at radius 2 is 1.50 bits per heavy atom. The van der Waals surface area contributed by atoms with Crippen molar-refractivity contribution in [2.45, 2.75) is 0 Å². The molecule has 0 aliphatic carbocycles. The van der Waals surface area contributed by atoms with Crippen molar-refractivity contribution in [3.8, 4) is 5.75 Å². The number of hydrogen-bond donors (Lipinski definition) is 0. The van der Waals surface area contributed by atoms with Crippen molar-refractivity contribution in [2.75, 3.05) is 6.26 Å². The maximum Gasteiger partial charge on any atom is 1.00 e. The molecule has 0 N–H and O–H groups in total. The van der Waals surface area contributed by atoms with Crippen molar-refractivity contribution in [3.63, 3.8) is 0 Å². The van der Waals surface area contributed by atoms with E-state index in [0.29, 0.717) is 5.75 Å². The summed E-state index contributed by atoms with van der Waals surface area (Å²) in [6.45, 7) is 0. The van der Waals surface area contributed by atoms with E-state index in [9.17, 15) is 8.42 Å². The normalized spacial score (nSPS) is 11.2. The molecule has 0 heterocycles. The predicted octanol–water partition coefficient (Wildman–Crippen LogP) is 0.448. The zero-order valence-corrected chi connectivity index (χ0v) is 12.1. The summed E-state index contributed by atoms with van der Waals surface area (Å²) in [7, 11) is -3.52. The van der Waals surface area contributed by atoms with E-state index in [4.69, 9.17) is 4.18 Å². The molecule has 0 unspecified atom stereocenters. The molecule has 98 valence electrons. The van der Waals surface area contributed by atoms with Crippen LogP contribution in [0.1, 0.15) is 1.43 Å². The van der Waals surface area contributed by atoms with Crippen LogP contribution in [0, 0.1) is 0 Å². The average Bonchev–Trinajstić information content (AvgIpc) is 2.35. The Morgan fingerprint density at radius 1 is 0.900 bits per heavy atom. The van der Waals surface area contributed by atoms with Gasteiger partial charge in [0.05, 0.1) is 6.26 Å². The molecule has 0 atom stereocenters. The Balaban J connectivity index is 0.00000110. The van der Waals surface area contributed by atoms with E-state index in [1.165, 1.54) is 0 Å². The molecule has 0 aromatic heterocycles. The first kappa shape index (κ1) is 14.9. The molecule has 20 heavy (non-hydrogen) atoms. The monoisotopic (exact) mass is 280 g/mol. The van der Waals surface area contributed by atoms with Crippen molar-refractivity contribution in [2.24, 2.45) is 0 Å². The van der Waals surface area contributed by atoms with Crippen molar-refractivity contribution < 1.29 is 32.9 Å². The van der Waals surface area contributed by atoms with Crippen LogP contribution in [-0.2, 0) is 10.1 Å². The van der Waals surface area contributed by atoms with Gasteiger partial charge in [-0.2, -0.15) is 8.42 Å². The fourth-order valence-electron chi connectivity index (χ4n) is 2.17. The minimum atomic E-state index is -3.52. The third-order valence-electron chi connectivity index (χ3n) is 2.95. The molecule has 0 saturated heterocycles. The second-order valence-corrected chi connectivity index (χ2v) is 6.04. The zero-order valence-electron chi connectivity index (χ0n) is 12.3. The molecule has 0 saturated carbocycles. The summed E-state index contributed by atoms with van der Waals surface area (Å²) in [6.07, 6.45) is 1.05. The third kappa shape index (κ3) is 2.99. The van der Waals surface area contributed by atoms with E-state index >= 15 is 0 Å². The Labute approximate surface area is 131 Å². The van der Waals surface area contributed by atoms with Gasteiger partial charge in [-0.1, -0.05) is 36.4 Å². The maximum absolute atomic E-state index is 11.3. The topological polar surface area (TPSA) is 43.4 Å². The molecular formula is C15H13LiO3S. The number of hydrogen-bond acceptors (Lipinski definition) is 3. The fraction of sp³-hybridized carbons (Fsp3) is 0.0667. The van der Waals surface area contributed by atoms with Crippen LogP contribution in [0.3, 0.4) is 0 Å². The Kier molecular flexibility index (Phi) is 4.10. The molecule has 0 bridgehead atoms. The zero-order chi connectivity index (χ0) is 13.5. The van der Waals surface area contributed by atoms with Gasteiger partial charge in [0.15, 0.2) is 0 Å². The summed E-state index contributed by atoms with van der Waals surface area (Å²) in [5.74, 6) is 0.366. The summed E-state index contributed by atoms with van der Waals surface area (Å²) >= 11 is 0. The summed E-state index contributed by atoms with van der Waals surface area (Å²) in [4.78, 5) is 0. The second-order valence-electron chi connectivity index (χ2n) is 4.46. The molecule has 0 amide bonds. The summed E-state index contributed by atoms with van der Waals surface area (Å²) in [6, 6.07) is 17.3. The SMILES string of the molecule is CS(=O)(=O)Oc1cccc2cc3ccccc3cc12.[H-].[Li+]. The molecule has 0 aliphatic heterocycles. The fourth-order valence-corrected chi connectivity index (χ4v) is 2.65. The Morgan fingerprint density at radius 3 is 2.15 bits per heavy atom. The third-order valence-corrected chi connectivity index (χ3v) is 3.43. The van der Waals surface area contributed by atoms with Gasteiger partial charge in [0.1, 0.15) is 5.75 Å². The van der Waals surface area contributed by atoms with Crippen LogP contribution in [0.4, 0.5) is 0 Å². The minimum Gasteiger partial charge on any atom is -1.00 e. The van der Waals surface area contributed by atoms with Crippen LogP contribution in [0.25, 0.3) is 21.5 Å². The molecule has 0 aliphatic rings. The molecule has 3 aromatic carbocycles. The molecule has 0 radical (unpaired) electrons. The molecular weight excluding hydrogens is 267 g/mol. The largest absolute Gasteiger partial charge is 1.00 e. The van der Waals surface area contributed by atoms with Gasteiger partial charge in [0, 0.05) is 5.39 Å². The number of benzene rings is 3.